The van der Waals surface area contributed by atoms with Gasteiger partial charge in [-0.3, -0.25) is 9.59 Å². The van der Waals surface area contributed by atoms with Crippen LogP contribution in [0, 0.1) is 6.92 Å². The third-order valence-corrected chi connectivity index (χ3v) is 4.29. The fourth-order valence-corrected chi connectivity index (χ4v) is 2.84. The number of carbonyl (C=O) groups is 1. The van der Waals surface area contributed by atoms with Gasteiger partial charge in [0, 0.05) is 18.0 Å². The minimum absolute atomic E-state index is 0.111. The third kappa shape index (κ3) is 3.98. The number of nitrogens with zero attached hydrogens (tertiary/aromatic N) is 1. The van der Waals surface area contributed by atoms with Gasteiger partial charge in [0.2, 0.25) is 5.91 Å². The van der Waals surface area contributed by atoms with Crippen LogP contribution in [0.25, 0.3) is 0 Å². The van der Waals surface area contributed by atoms with Crippen LogP contribution in [0.15, 0.2) is 40.4 Å². The van der Waals surface area contributed by atoms with Crippen molar-refractivity contribution in [1.29, 1.82) is 0 Å². The summed E-state index contributed by atoms with van der Waals surface area (Å²) in [4.78, 5) is 30.3. The number of amides is 1. The number of hydrogen-bond donors (Lipinski definition) is 2. The third-order valence-electron chi connectivity index (χ3n) is 3.29. The second-order valence-corrected chi connectivity index (χ2v) is 6.28. The van der Waals surface area contributed by atoms with Crippen molar-refractivity contribution in [3.63, 3.8) is 0 Å². The lowest BCUT2D eigenvalue weighted by Gasteiger charge is -2.15. The zero-order valence-corrected chi connectivity index (χ0v) is 13.7. The predicted octanol–water partition coefficient (Wildman–Crippen LogP) is 2.76. The number of carbonyl (C=O) groups excluding carboxylic acids is 1. The van der Waals surface area contributed by atoms with Gasteiger partial charge in [-0.15, -0.1) is 0 Å². The van der Waals surface area contributed by atoms with Crippen molar-refractivity contribution in [2.75, 3.05) is 5.32 Å². The SMILES string of the molecule is CCc1cccc(C)c1NC(=O)[C@H](C)Sc1nccc(=O)[nH]1. The predicted molar refractivity (Wildman–Crippen MR) is 89.4 cm³/mol. The highest BCUT2D eigenvalue weighted by Crippen LogP contribution is 2.24. The van der Waals surface area contributed by atoms with E-state index < -0.39 is 0 Å². The van der Waals surface area contributed by atoms with Gasteiger partial charge in [0.25, 0.3) is 5.56 Å². The maximum absolute atomic E-state index is 12.4. The monoisotopic (exact) mass is 317 g/mol. The number of aryl methyl sites for hydroxylation is 2. The standard InChI is InChI=1S/C16H19N3O2S/c1-4-12-7-5-6-10(2)14(12)19-15(21)11(3)22-16-17-9-8-13(20)18-16/h5-9,11H,4H2,1-3H3,(H,19,21)(H,17,18,20)/t11-/m0/s1. The number of anilines is 1. The lowest BCUT2D eigenvalue weighted by molar-refractivity contribution is -0.115. The number of aromatic nitrogens is 2. The summed E-state index contributed by atoms with van der Waals surface area (Å²) in [6.45, 7) is 5.82. The number of rotatable bonds is 5. The minimum atomic E-state index is -0.366. The van der Waals surface area contributed by atoms with Crippen molar-refractivity contribution in [3.8, 4) is 0 Å². The lowest BCUT2D eigenvalue weighted by atomic mass is 10.1. The fourth-order valence-electron chi connectivity index (χ4n) is 2.06. The van der Waals surface area contributed by atoms with E-state index >= 15 is 0 Å². The van der Waals surface area contributed by atoms with Crippen molar-refractivity contribution in [2.45, 2.75) is 37.6 Å². The first-order valence-electron chi connectivity index (χ1n) is 7.12. The van der Waals surface area contributed by atoms with Gasteiger partial charge in [-0.1, -0.05) is 36.9 Å². The molecule has 1 heterocycles. The smallest absolute Gasteiger partial charge is 0.251 e. The molecule has 2 N–H and O–H groups in total. The van der Waals surface area contributed by atoms with Gasteiger partial charge >= 0.3 is 0 Å². The molecule has 2 aromatic rings. The molecule has 0 aliphatic carbocycles. The normalized spacial score (nSPS) is 12.0. The van der Waals surface area contributed by atoms with E-state index in [0.717, 1.165) is 23.2 Å². The molecule has 0 aliphatic heterocycles. The maximum atomic E-state index is 12.4. The molecule has 116 valence electrons. The summed E-state index contributed by atoms with van der Waals surface area (Å²) in [5, 5.41) is 3.06. The first-order valence-corrected chi connectivity index (χ1v) is 8.00. The highest BCUT2D eigenvalue weighted by molar-refractivity contribution is 8.00. The molecule has 0 aliphatic rings. The second kappa shape index (κ2) is 7.26. The van der Waals surface area contributed by atoms with Crippen LogP contribution >= 0.6 is 11.8 Å². The highest BCUT2D eigenvalue weighted by atomic mass is 32.2. The molecular formula is C16H19N3O2S. The maximum Gasteiger partial charge on any atom is 0.251 e. The van der Waals surface area contributed by atoms with Crippen LogP contribution in [-0.2, 0) is 11.2 Å². The van der Waals surface area contributed by atoms with Gasteiger partial charge in [-0.05, 0) is 31.4 Å². The minimum Gasteiger partial charge on any atom is -0.325 e. The first kappa shape index (κ1) is 16.3. The Morgan fingerprint density at radius 3 is 2.86 bits per heavy atom. The first-order chi connectivity index (χ1) is 10.5. The Labute approximate surface area is 133 Å². The Morgan fingerprint density at radius 2 is 2.18 bits per heavy atom. The Hall–Kier alpha value is -2.08. The largest absolute Gasteiger partial charge is 0.325 e. The van der Waals surface area contributed by atoms with Gasteiger partial charge in [0.05, 0.1) is 5.25 Å². The van der Waals surface area contributed by atoms with Crippen molar-refractivity contribution < 1.29 is 4.79 Å². The van der Waals surface area contributed by atoms with Crippen molar-refractivity contribution in [2.24, 2.45) is 0 Å². The second-order valence-electron chi connectivity index (χ2n) is 4.95. The van der Waals surface area contributed by atoms with Gasteiger partial charge in [0.15, 0.2) is 5.16 Å². The summed E-state index contributed by atoms with van der Waals surface area (Å²) in [6.07, 6.45) is 2.29. The summed E-state index contributed by atoms with van der Waals surface area (Å²) >= 11 is 1.23. The summed E-state index contributed by atoms with van der Waals surface area (Å²) in [5.74, 6) is -0.111. The molecule has 22 heavy (non-hydrogen) atoms. The molecule has 0 bridgehead atoms. The van der Waals surface area contributed by atoms with Crippen LogP contribution < -0.4 is 10.9 Å². The van der Waals surface area contributed by atoms with E-state index in [0.29, 0.717) is 5.16 Å². The van der Waals surface area contributed by atoms with E-state index in [-0.39, 0.29) is 16.7 Å². The van der Waals surface area contributed by atoms with Crippen molar-refractivity contribution in [3.05, 3.63) is 51.9 Å². The molecule has 0 fully saturated rings. The Kier molecular flexibility index (Phi) is 5.38. The summed E-state index contributed by atoms with van der Waals surface area (Å²) in [7, 11) is 0. The van der Waals surface area contributed by atoms with Crippen molar-refractivity contribution in [1.82, 2.24) is 9.97 Å². The number of thioether (sulfide) groups is 1. The molecule has 1 aromatic heterocycles. The number of nitrogens with one attached hydrogen (secondary N) is 2. The highest BCUT2D eigenvalue weighted by Gasteiger charge is 2.17. The topological polar surface area (TPSA) is 74.8 Å². The van der Waals surface area contributed by atoms with Gasteiger partial charge in [0.1, 0.15) is 0 Å². The van der Waals surface area contributed by atoms with Crippen LogP contribution in [0.5, 0.6) is 0 Å². The Bertz CT molecular complexity index is 727. The fraction of sp³-hybridized carbons (Fsp3) is 0.312. The molecule has 0 unspecified atom stereocenters. The quantitative estimate of drug-likeness (QED) is 0.657. The van der Waals surface area contributed by atoms with Crippen molar-refractivity contribution >= 4 is 23.4 Å². The van der Waals surface area contributed by atoms with Crippen LogP contribution in [0.2, 0.25) is 0 Å². The van der Waals surface area contributed by atoms with Crippen LogP contribution in [0.4, 0.5) is 5.69 Å². The number of H-pyrrole nitrogens is 1. The molecular weight excluding hydrogens is 298 g/mol. The average molecular weight is 317 g/mol. The van der Waals surface area contributed by atoms with E-state index in [1.807, 2.05) is 25.1 Å². The summed E-state index contributed by atoms with van der Waals surface area (Å²) < 4.78 is 0. The van der Waals surface area contributed by atoms with Crippen LogP contribution in [0.1, 0.15) is 25.0 Å². The van der Waals surface area contributed by atoms with Gasteiger partial charge < -0.3 is 10.3 Å². The number of para-hydroxylation sites is 1. The molecule has 5 nitrogen and oxygen atoms in total. The molecule has 0 saturated heterocycles. The van der Waals surface area contributed by atoms with Crippen LogP contribution in [-0.4, -0.2) is 21.1 Å². The van der Waals surface area contributed by atoms with E-state index in [4.69, 9.17) is 0 Å². The summed E-state index contributed by atoms with van der Waals surface area (Å²) in [5.41, 5.74) is 2.79. The summed E-state index contributed by atoms with van der Waals surface area (Å²) in [6, 6.07) is 7.32. The number of hydrogen-bond acceptors (Lipinski definition) is 4. The molecule has 0 saturated carbocycles. The molecule has 0 radical (unpaired) electrons. The molecule has 1 atom stereocenters. The Morgan fingerprint density at radius 1 is 1.41 bits per heavy atom. The van der Waals surface area contributed by atoms with E-state index in [9.17, 15) is 9.59 Å². The van der Waals surface area contributed by atoms with E-state index in [1.165, 1.54) is 24.0 Å². The molecule has 6 heteroatoms. The molecule has 0 spiro atoms. The zero-order valence-electron chi connectivity index (χ0n) is 12.8. The van der Waals surface area contributed by atoms with E-state index in [1.54, 1.807) is 6.92 Å². The zero-order chi connectivity index (χ0) is 16.1. The van der Waals surface area contributed by atoms with Gasteiger partial charge in [-0.2, -0.15) is 0 Å². The lowest BCUT2D eigenvalue weighted by Crippen LogP contribution is -2.24. The van der Waals surface area contributed by atoms with E-state index in [2.05, 4.69) is 22.2 Å². The van der Waals surface area contributed by atoms with Crippen LogP contribution in [0.3, 0.4) is 0 Å². The van der Waals surface area contributed by atoms with Gasteiger partial charge in [-0.25, -0.2) is 4.98 Å². The molecule has 1 aromatic carbocycles. The number of benzene rings is 1. The molecule has 2 rings (SSSR count). The Balaban J connectivity index is 2.10. The average Bonchev–Trinajstić information content (AvgIpc) is 2.49. The number of aromatic amines is 1. The molecule has 1 amide bonds.